The van der Waals surface area contributed by atoms with Gasteiger partial charge in [-0.25, -0.2) is 4.98 Å². The first kappa shape index (κ1) is 21.4. The van der Waals surface area contributed by atoms with Gasteiger partial charge in [-0.3, -0.25) is 10.1 Å². The van der Waals surface area contributed by atoms with Crippen molar-refractivity contribution in [3.63, 3.8) is 0 Å². The van der Waals surface area contributed by atoms with E-state index in [4.69, 9.17) is 0 Å². The second-order valence-corrected chi connectivity index (χ2v) is 6.28. The number of alkyl halides is 3. The van der Waals surface area contributed by atoms with Gasteiger partial charge in [-0.2, -0.15) is 18.2 Å². The summed E-state index contributed by atoms with van der Waals surface area (Å²) in [5.74, 6) is -0.228. The first-order chi connectivity index (χ1) is 13.2. The van der Waals surface area contributed by atoms with Crippen LogP contribution in [0.1, 0.15) is 17.7 Å². The Morgan fingerprint density at radius 1 is 1.18 bits per heavy atom. The quantitative estimate of drug-likeness (QED) is 0.380. The number of hydrogen-bond donors (Lipinski definition) is 2. The van der Waals surface area contributed by atoms with E-state index in [1.165, 1.54) is 18.2 Å². The second kappa shape index (κ2) is 9.31. The third-order valence-electron chi connectivity index (χ3n) is 3.73. The highest BCUT2D eigenvalue weighted by Gasteiger charge is 2.33. The predicted molar refractivity (Wildman–Crippen MR) is 99.1 cm³/mol. The number of anilines is 2. The lowest BCUT2D eigenvalue weighted by Gasteiger charge is -2.14. The van der Waals surface area contributed by atoms with E-state index in [0.29, 0.717) is 18.5 Å². The third kappa shape index (κ3) is 6.34. The van der Waals surface area contributed by atoms with E-state index in [9.17, 15) is 23.3 Å². The number of para-hydroxylation sites is 1. The van der Waals surface area contributed by atoms with Crippen molar-refractivity contribution in [1.82, 2.24) is 14.9 Å². The standard InChI is InChI=1S/C17H21F3N6O2/c1-25(2)9-5-8-21-16-23-14(17(18,19)20)10-15(24-16)22-11-12-6-3-4-7-13(12)26(27)28/h3-4,6-7,10H,5,8-9,11H2,1-2H3,(H2,21,22,23,24). The van der Waals surface area contributed by atoms with Crippen LogP contribution in [0.15, 0.2) is 30.3 Å². The van der Waals surface area contributed by atoms with Gasteiger partial charge in [-0.15, -0.1) is 0 Å². The summed E-state index contributed by atoms with van der Waals surface area (Å²) in [4.78, 5) is 20.0. The third-order valence-corrected chi connectivity index (χ3v) is 3.73. The van der Waals surface area contributed by atoms with Gasteiger partial charge in [-0.1, -0.05) is 18.2 Å². The molecule has 0 aliphatic heterocycles. The van der Waals surface area contributed by atoms with Gasteiger partial charge in [-0.05, 0) is 27.1 Å². The molecule has 152 valence electrons. The zero-order valence-electron chi connectivity index (χ0n) is 15.5. The van der Waals surface area contributed by atoms with Gasteiger partial charge < -0.3 is 15.5 Å². The smallest absolute Gasteiger partial charge is 0.366 e. The molecular formula is C17H21F3N6O2. The normalized spacial score (nSPS) is 11.5. The van der Waals surface area contributed by atoms with Crippen LogP contribution in [0, 0.1) is 10.1 Å². The molecule has 0 saturated carbocycles. The minimum atomic E-state index is -4.64. The maximum Gasteiger partial charge on any atom is 0.433 e. The first-order valence-electron chi connectivity index (χ1n) is 8.48. The Morgan fingerprint density at radius 3 is 2.54 bits per heavy atom. The number of rotatable bonds is 9. The summed E-state index contributed by atoms with van der Waals surface area (Å²) >= 11 is 0. The van der Waals surface area contributed by atoms with Crippen molar-refractivity contribution < 1.29 is 18.1 Å². The molecule has 0 aliphatic carbocycles. The number of nitrogens with zero attached hydrogens (tertiary/aromatic N) is 4. The van der Waals surface area contributed by atoms with Crippen LogP contribution in [0.2, 0.25) is 0 Å². The van der Waals surface area contributed by atoms with Crippen molar-refractivity contribution in [2.45, 2.75) is 19.1 Å². The molecule has 2 N–H and O–H groups in total. The number of benzene rings is 1. The summed E-state index contributed by atoms with van der Waals surface area (Å²) in [5, 5.41) is 16.6. The van der Waals surface area contributed by atoms with Gasteiger partial charge >= 0.3 is 6.18 Å². The number of hydrogen-bond acceptors (Lipinski definition) is 7. The maximum absolute atomic E-state index is 13.1. The number of halogens is 3. The minimum Gasteiger partial charge on any atom is -0.366 e. The SMILES string of the molecule is CN(C)CCCNc1nc(NCc2ccccc2[N+](=O)[O-])cc(C(F)(F)F)n1. The van der Waals surface area contributed by atoms with Crippen LogP contribution < -0.4 is 10.6 Å². The van der Waals surface area contributed by atoms with Gasteiger partial charge in [0.1, 0.15) is 5.82 Å². The van der Waals surface area contributed by atoms with Crippen LogP contribution in [0.4, 0.5) is 30.6 Å². The van der Waals surface area contributed by atoms with Crippen molar-refractivity contribution >= 4 is 17.5 Å². The molecule has 8 nitrogen and oxygen atoms in total. The summed E-state index contributed by atoms with van der Waals surface area (Å²) < 4.78 is 39.4. The lowest BCUT2D eigenvalue weighted by Crippen LogP contribution is -2.18. The van der Waals surface area contributed by atoms with Crippen molar-refractivity contribution in [1.29, 1.82) is 0 Å². The lowest BCUT2D eigenvalue weighted by molar-refractivity contribution is -0.385. The first-order valence-corrected chi connectivity index (χ1v) is 8.48. The molecule has 1 aromatic carbocycles. The van der Waals surface area contributed by atoms with Crippen LogP contribution in [0.5, 0.6) is 0 Å². The van der Waals surface area contributed by atoms with Gasteiger partial charge in [0, 0.05) is 30.8 Å². The summed E-state index contributed by atoms with van der Waals surface area (Å²) in [6, 6.07) is 6.76. The summed E-state index contributed by atoms with van der Waals surface area (Å²) in [5.41, 5.74) is -0.884. The Balaban J connectivity index is 2.16. The molecule has 1 aromatic heterocycles. The summed E-state index contributed by atoms with van der Waals surface area (Å²) in [6.45, 7) is 1.11. The number of aromatic nitrogens is 2. The molecule has 2 aromatic rings. The van der Waals surface area contributed by atoms with E-state index in [1.54, 1.807) is 6.07 Å². The molecule has 0 radical (unpaired) electrons. The van der Waals surface area contributed by atoms with E-state index in [1.807, 2.05) is 19.0 Å². The zero-order chi connectivity index (χ0) is 20.7. The van der Waals surface area contributed by atoms with Crippen LogP contribution in [0.25, 0.3) is 0 Å². The van der Waals surface area contributed by atoms with Crippen molar-refractivity contribution in [2.75, 3.05) is 37.8 Å². The Hall–Kier alpha value is -2.95. The topological polar surface area (TPSA) is 96.2 Å². The predicted octanol–water partition coefficient (Wildman–Crippen LogP) is 3.38. The van der Waals surface area contributed by atoms with E-state index >= 15 is 0 Å². The fourth-order valence-corrected chi connectivity index (χ4v) is 2.38. The van der Waals surface area contributed by atoms with Gasteiger partial charge in [0.25, 0.3) is 5.69 Å². The summed E-state index contributed by atoms with van der Waals surface area (Å²) in [6.07, 6.45) is -3.94. The summed E-state index contributed by atoms with van der Waals surface area (Å²) in [7, 11) is 3.79. The minimum absolute atomic E-state index is 0.0501. The van der Waals surface area contributed by atoms with E-state index in [0.717, 1.165) is 12.6 Å². The molecule has 0 unspecified atom stereocenters. The molecule has 1 heterocycles. The van der Waals surface area contributed by atoms with Crippen molar-refractivity contribution in [3.05, 3.63) is 51.7 Å². The fourth-order valence-electron chi connectivity index (χ4n) is 2.38. The lowest BCUT2D eigenvalue weighted by atomic mass is 10.2. The Kier molecular flexibility index (Phi) is 7.10. The largest absolute Gasteiger partial charge is 0.433 e. The molecular weight excluding hydrogens is 377 g/mol. The van der Waals surface area contributed by atoms with E-state index in [2.05, 4.69) is 20.6 Å². The molecule has 0 bridgehead atoms. The number of nitro groups is 1. The van der Waals surface area contributed by atoms with E-state index < -0.39 is 16.8 Å². The monoisotopic (exact) mass is 398 g/mol. The number of nitrogens with one attached hydrogen (secondary N) is 2. The van der Waals surface area contributed by atoms with E-state index in [-0.39, 0.29) is 24.0 Å². The Labute approximate surface area is 159 Å². The highest BCUT2D eigenvalue weighted by molar-refractivity contribution is 5.46. The highest BCUT2D eigenvalue weighted by Crippen LogP contribution is 2.30. The molecule has 0 amide bonds. The molecule has 0 fully saturated rings. The van der Waals surface area contributed by atoms with Crippen molar-refractivity contribution in [3.8, 4) is 0 Å². The maximum atomic E-state index is 13.1. The van der Waals surface area contributed by atoms with Crippen LogP contribution in [-0.2, 0) is 12.7 Å². The van der Waals surface area contributed by atoms with Gasteiger partial charge in [0.15, 0.2) is 5.69 Å². The van der Waals surface area contributed by atoms with Crippen LogP contribution >= 0.6 is 0 Å². The zero-order valence-corrected chi connectivity index (χ0v) is 15.5. The average Bonchev–Trinajstić information content (AvgIpc) is 2.62. The highest BCUT2D eigenvalue weighted by atomic mass is 19.4. The van der Waals surface area contributed by atoms with Crippen LogP contribution in [-0.4, -0.2) is 47.0 Å². The second-order valence-electron chi connectivity index (χ2n) is 6.28. The van der Waals surface area contributed by atoms with Gasteiger partial charge in [0.05, 0.1) is 4.92 Å². The molecule has 11 heteroatoms. The molecule has 0 aliphatic rings. The Morgan fingerprint density at radius 2 is 1.89 bits per heavy atom. The fraction of sp³-hybridized carbons (Fsp3) is 0.412. The molecule has 2 rings (SSSR count). The number of nitro benzene ring substituents is 1. The molecule has 0 spiro atoms. The molecule has 0 atom stereocenters. The average molecular weight is 398 g/mol. The van der Waals surface area contributed by atoms with Crippen LogP contribution in [0.3, 0.4) is 0 Å². The van der Waals surface area contributed by atoms with Gasteiger partial charge in [0.2, 0.25) is 5.95 Å². The Bertz CT molecular complexity index is 814. The molecule has 0 saturated heterocycles. The molecule has 28 heavy (non-hydrogen) atoms. The van der Waals surface area contributed by atoms with Crippen molar-refractivity contribution in [2.24, 2.45) is 0 Å².